The zero-order chi connectivity index (χ0) is 12.9. The normalized spacial score (nSPS) is 23.4. The summed E-state index contributed by atoms with van der Waals surface area (Å²) in [5, 5.41) is 0.0235. The van der Waals surface area contributed by atoms with Gasteiger partial charge in [0.2, 0.25) is 0 Å². The van der Waals surface area contributed by atoms with Crippen molar-refractivity contribution in [3.8, 4) is 0 Å². The maximum absolute atomic E-state index is 14.0. The highest BCUT2D eigenvalue weighted by Crippen LogP contribution is 2.39. The number of carbonyl (C=O) groups is 1. The number of amides is 2. The summed E-state index contributed by atoms with van der Waals surface area (Å²) in [6, 6.07) is 3.80. The first-order chi connectivity index (χ1) is 8.59. The third kappa shape index (κ3) is 1.66. The second-order valence-electron chi connectivity index (χ2n) is 4.50. The molecule has 0 bridgehead atoms. The van der Waals surface area contributed by atoms with Crippen LogP contribution in [0.25, 0.3) is 0 Å². The van der Waals surface area contributed by atoms with Crippen molar-refractivity contribution in [1.82, 2.24) is 4.90 Å². The number of hydrogen-bond acceptors (Lipinski definition) is 2. The molecule has 0 aromatic heterocycles. The lowest BCUT2D eigenvalue weighted by Gasteiger charge is -2.24. The van der Waals surface area contributed by atoms with Crippen LogP contribution in [0, 0.1) is 5.82 Å². The van der Waals surface area contributed by atoms with Gasteiger partial charge in [0.05, 0.1) is 5.02 Å². The van der Waals surface area contributed by atoms with E-state index in [1.807, 2.05) is 0 Å². The van der Waals surface area contributed by atoms with Gasteiger partial charge >= 0.3 is 6.03 Å². The third-order valence-corrected chi connectivity index (χ3v) is 3.51. The molecule has 1 atom stereocenters. The van der Waals surface area contributed by atoms with Crippen molar-refractivity contribution in [2.24, 2.45) is 10.7 Å². The van der Waals surface area contributed by atoms with Crippen molar-refractivity contribution in [2.45, 2.75) is 24.9 Å². The first kappa shape index (κ1) is 11.5. The molecule has 6 heteroatoms. The summed E-state index contributed by atoms with van der Waals surface area (Å²) in [5.74, 6) is -0.407. The molecule has 0 radical (unpaired) electrons. The lowest BCUT2D eigenvalue weighted by atomic mass is 10.0. The van der Waals surface area contributed by atoms with E-state index in [-0.39, 0.29) is 22.9 Å². The van der Waals surface area contributed by atoms with E-state index in [9.17, 15) is 9.18 Å². The van der Waals surface area contributed by atoms with Gasteiger partial charge in [-0.25, -0.2) is 9.18 Å². The van der Waals surface area contributed by atoms with Crippen LogP contribution in [0.5, 0.6) is 0 Å². The van der Waals surface area contributed by atoms with E-state index in [4.69, 9.17) is 17.3 Å². The number of aliphatic imine (C=N–C) groups is 1. The fourth-order valence-electron chi connectivity index (χ4n) is 2.24. The summed E-state index contributed by atoms with van der Waals surface area (Å²) in [6.45, 7) is 0. The van der Waals surface area contributed by atoms with Crippen molar-refractivity contribution in [2.75, 3.05) is 0 Å². The number of hydrogen-bond donors (Lipinski definition) is 1. The van der Waals surface area contributed by atoms with Crippen LogP contribution in [0.3, 0.4) is 0 Å². The monoisotopic (exact) mass is 267 g/mol. The number of carbonyl (C=O) groups excluding carboxylic acids is 1. The summed E-state index contributed by atoms with van der Waals surface area (Å²) < 4.78 is 14.0. The van der Waals surface area contributed by atoms with Crippen LogP contribution in [0.2, 0.25) is 5.02 Å². The number of halogens is 2. The van der Waals surface area contributed by atoms with Crippen molar-refractivity contribution in [3.63, 3.8) is 0 Å². The van der Waals surface area contributed by atoms with E-state index in [1.54, 1.807) is 17.0 Å². The number of nitrogens with zero attached hydrogens (tertiary/aromatic N) is 2. The second-order valence-corrected chi connectivity index (χ2v) is 4.91. The van der Waals surface area contributed by atoms with Gasteiger partial charge in [0.1, 0.15) is 17.7 Å². The molecule has 1 aromatic rings. The lowest BCUT2D eigenvalue weighted by molar-refractivity contribution is 0.202. The Hall–Kier alpha value is -1.62. The van der Waals surface area contributed by atoms with Crippen LogP contribution >= 0.6 is 11.6 Å². The van der Waals surface area contributed by atoms with Crippen molar-refractivity contribution in [1.29, 1.82) is 0 Å². The van der Waals surface area contributed by atoms with Crippen molar-refractivity contribution >= 4 is 23.5 Å². The summed E-state index contributed by atoms with van der Waals surface area (Å²) in [5.41, 5.74) is 6.06. The maximum atomic E-state index is 14.0. The largest absolute Gasteiger partial charge is 0.385 e. The Morgan fingerprint density at radius 2 is 2.17 bits per heavy atom. The maximum Gasteiger partial charge on any atom is 0.346 e. The standard InChI is InChI=1S/C12H11ClFN3O/c13-8-3-1-2-7(9(8)14)10-11(15)16-12(18)17(10)6-4-5-6/h1-3,6,10H,4-5H2,(H2,15,16,18). The molecule has 4 nitrogen and oxygen atoms in total. The Kier molecular flexibility index (Phi) is 2.52. The molecule has 1 aliphatic carbocycles. The molecule has 1 aromatic carbocycles. The van der Waals surface area contributed by atoms with E-state index >= 15 is 0 Å². The highest BCUT2D eigenvalue weighted by Gasteiger charge is 2.44. The van der Waals surface area contributed by atoms with E-state index in [0.29, 0.717) is 5.56 Å². The Balaban J connectivity index is 2.06. The Morgan fingerprint density at radius 1 is 1.44 bits per heavy atom. The first-order valence-electron chi connectivity index (χ1n) is 5.70. The number of benzene rings is 1. The van der Waals surface area contributed by atoms with E-state index in [1.165, 1.54) is 6.07 Å². The van der Waals surface area contributed by atoms with Gasteiger partial charge in [0.15, 0.2) is 0 Å². The zero-order valence-electron chi connectivity index (χ0n) is 9.44. The lowest BCUT2D eigenvalue weighted by Crippen LogP contribution is -2.35. The topological polar surface area (TPSA) is 58.7 Å². The molecule has 1 aliphatic heterocycles. The van der Waals surface area contributed by atoms with Crippen LogP contribution in [-0.2, 0) is 0 Å². The van der Waals surface area contributed by atoms with Crippen molar-refractivity contribution in [3.05, 3.63) is 34.6 Å². The zero-order valence-corrected chi connectivity index (χ0v) is 10.2. The number of urea groups is 1. The molecule has 3 rings (SSSR count). The van der Waals surface area contributed by atoms with Gasteiger partial charge < -0.3 is 10.6 Å². The minimum atomic E-state index is -0.622. The van der Waals surface area contributed by atoms with Crippen molar-refractivity contribution < 1.29 is 9.18 Å². The smallest absolute Gasteiger partial charge is 0.346 e. The van der Waals surface area contributed by atoms with Gasteiger partial charge in [-0.05, 0) is 18.9 Å². The summed E-state index contributed by atoms with van der Waals surface area (Å²) in [6.07, 6.45) is 1.82. The van der Waals surface area contributed by atoms with Crippen LogP contribution in [0.4, 0.5) is 9.18 Å². The van der Waals surface area contributed by atoms with Crippen LogP contribution in [0.1, 0.15) is 24.4 Å². The Bertz CT molecular complexity index is 556. The van der Waals surface area contributed by atoms with Crippen LogP contribution < -0.4 is 5.73 Å². The fourth-order valence-corrected chi connectivity index (χ4v) is 2.42. The first-order valence-corrected chi connectivity index (χ1v) is 6.07. The van der Waals surface area contributed by atoms with Gasteiger partial charge in [0.25, 0.3) is 0 Å². The molecule has 2 aliphatic rings. The van der Waals surface area contributed by atoms with E-state index < -0.39 is 11.9 Å². The Morgan fingerprint density at radius 3 is 2.83 bits per heavy atom. The molecule has 18 heavy (non-hydrogen) atoms. The third-order valence-electron chi connectivity index (χ3n) is 3.22. The number of nitrogens with two attached hydrogens (primary N) is 1. The van der Waals surface area contributed by atoms with Crippen LogP contribution in [-0.4, -0.2) is 22.8 Å². The highest BCUT2D eigenvalue weighted by atomic mass is 35.5. The molecule has 1 heterocycles. The molecule has 1 saturated carbocycles. The minimum absolute atomic E-state index is 0.0235. The molecule has 1 fully saturated rings. The quantitative estimate of drug-likeness (QED) is 0.895. The predicted molar refractivity (Wildman–Crippen MR) is 66.0 cm³/mol. The summed E-state index contributed by atoms with van der Waals surface area (Å²) in [7, 11) is 0. The molecule has 0 spiro atoms. The molecule has 94 valence electrons. The van der Waals surface area contributed by atoms with Crippen LogP contribution in [0.15, 0.2) is 23.2 Å². The predicted octanol–water partition coefficient (Wildman–Crippen LogP) is 2.48. The average molecular weight is 268 g/mol. The second kappa shape index (κ2) is 3.95. The summed E-state index contributed by atoms with van der Waals surface area (Å²) >= 11 is 5.76. The molecular weight excluding hydrogens is 257 g/mol. The molecule has 1 unspecified atom stereocenters. The van der Waals surface area contributed by atoms with Gasteiger partial charge in [-0.3, -0.25) is 0 Å². The van der Waals surface area contributed by atoms with Gasteiger partial charge in [0, 0.05) is 11.6 Å². The van der Waals surface area contributed by atoms with Gasteiger partial charge in [-0.1, -0.05) is 23.7 Å². The van der Waals surface area contributed by atoms with E-state index in [0.717, 1.165) is 12.8 Å². The molecule has 2 N–H and O–H groups in total. The average Bonchev–Trinajstić information content (AvgIpc) is 3.09. The number of amidine groups is 1. The van der Waals surface area contributed by atoms with Gasteiger partial charge in [-0.15, -0.1) is 0 Å². The highest BCUT2D eigenvalue weighted by molar-refractivity contribution is 6.30. The Labute approximate surface area is 108 Å². The van der Waals surface area contributed by atoms with E-state index in [2.05, 4.69) is 4.99 Å². The summed E-state index contributed by atoms with van der Waals surface area (Å²) in [4.78, 5) is 17.0. The molecular formula is C12H11ClFN3O. The van der Waals surface area contributed by atoms with Gasteiger partial charge in [-0.2, -0.15) is 4.99 Å². The fraction of sp³-hybridized carbons (Fsp3) is 0.333. The number of rotatable bonds is 2. The molecule has 2 amide bonds. The molecule has 0 saturated heterocycles. The minimum Gasteiger partial charge on any atom is -0.385 e. The SMILES string of the molecule is NC1=NC(=O)N(C2CC2)C1c1cccc(Cl)c1F.